The highest BCUT2D eigenvalue weighted by atomic mass is 79.9. The lowest BCUT2D eigenvalue weighted by Gasteiger charge is -2.15. The third-order valence-corrected chi connectivity index (χ3v) is 5.61. The van der Waals surface area contributed by atoms with Crippen molar-refractivity contribution in [2.45, 2.75) is 39.7 Å². The first-order valence-corrected chi connectivity index (χ1v) is 10.3. The molecule has 6 heteroatoms. The molecule has 0 saturated carbocycles. The zero-order valence-electron chi connectivity index (χ0n) is 16.4. The Labute approximate surface area is 177 Å². The van der Waals surface area contributed by atoms with E-state index in [4.69, 9.17) is 0 Å². The lowest BCUT2D eigenvalue weighted by Crippen LogP contribution is -2.28. The van der Waals surface area contributed by atoms with Gasteiger partial charge in [0.25, 0.3) is 5.56 Å². The molecular formula is C23H21BrFN3O. The Kier molecular flexibility index (Phi) is 6.60. The maximum atomic E-state index is 14.9. The number of hydrogen-bond acceptors (Lipinski definition) is 3. The van der Waals surface area contributed by atoms with Gasteiger partial charge in [-0.15, -0.1) is 0 Å². The summed E-state index contributed by atoms with van der Waals surface area (Å²) in [6, 6.07) is 14.1. The summed E-state index contributed by atoms with van der Waals surface area (Å²) in [7, 11) is 0. The van der Waals surface area contributed by atoms with Crippen LogP contribution in [0.4, 0.5) is 4.39 Å². The fraction of sp³-hybridized carbons (Fsp3) is 0.261. The number of aryl methyl sites for hydroxylation is 2. The molecule has 0 unspecified atom stereocenters. The van der Waals surface area contributed by atoms with E-state index in [1.165, 1.54) is 10.6 Å². The largest absolute Gasteiger partial charge is 0.291 e. The van der Waals surface area contributed by atoms with Gasteiger partial charge in [0.05, 0.1) is 23.9 Å². The molecule has 0 aliphatic heterocycles. The fourth-order valence-corrected chi connectivity index (χ4v) is 3.86. The molecule has 3 aromatic rings. The van der Waals surface area contributed by atoms with Gasteiger partial charge >= 0.3 is 0 Å². The van der Waals surface area contributed by atoms with Crippen molar-refractivity contribution in [1.82, 2.24) is 9.55 Å². The third-order valence-electron chi connectivity index (χ3n) is 4.81. The third kappa shape index (κ3) is 4.30. The predicted octanol–water partition coefficient (Wildman–Crippen LogP) is 5.25. The van der Waals surface area contributed by atoms with Gasteiger partial charge in [0.15, 0.2) is 0 Å². The van der Waals surface area contributed by atoms with Crippen LogP contribution in [0.15, 0.2) is 51.7 Å². The summed E-state index contributed by atoms with van der Waals surface area (Å²) < 4.78 is 16.9. The van der Waals surface area contributed by atoms with Gasteiger partial charge in [0.2, 0.25) is 0 Å². The molecule has 1 heterocycles. The van der Waals surface area contributed by atoms with E-state index >= 15 is 0 Å². The second-order valence-corrected chi connectivity index (χ2v) is 7.54. The fourth-order valence-electron chi connectivity index (χ4n) is 3.28. The van der Waals surface area contributed by atoms with Crippen LogP contribution in [0.5, 0.6) is 0 Å². The number of hydrogen-bond donors (Lipinski definition) is 0. The van der Waals surface area contributed by atoms with E-state index in [2.05, 4.69) is 27.0 Å². The van der Waals surface area contributed by atoms with E-state index in [9.17, 15) is 14.4 Å². The predicted molar refractivity (Wildman–Crippen MR) is 115 cm³/mol. The summed E-state index contributed by atoms with van der Waals surface area (Å²) in [5, 5.41) is 9.29. The van der Waals surface area contributed by atoms with E-state index in [-0.39, 0.29) is 12.1 Å². The van der Waals surface area contributed by atoms with Crippen LogP contribution in [0.25, 0.3) is 11.1 Å². The zero-order valence-corrected chi connectivity index (χ0v) is 18.0. The Balaban J connectivity index is 2.03. The minimum atomic E-state index is -0.416. The Morgan fingerprint density at radius 3 is 2.62 bits per heavy atom. The maximum Gasteiger partial charge on any atom is 0.268 e. The molecule has 3 rings (SSSR count). The van der Waals surface area contributed by atoms with Crippen molar-refractivity contribution in [2.24, 2.45) is 0 Å². The molecule has 0 atom stereocenters. The van der Waals surface area contributed by atoms with Crippen LogP contribution in [0.2, 0.25) is 0 Å². The van der Waals surface area contributed by atoms with Crippen molar-refractivity contribution in [3.63, 3.8) is 0 Å². The minimum absolute atomic E-state index is 0.107. The lowest BCUT2D eigenvalue weighted by molar-refractivity contribution is 0.579. The van der Waals surface area contributed by atoms with Crippen LogP contribution in [-0.2, 0) is 19.4 Å². The van der Waals surface area contributed by atoms with E-state index in [0.717, 1.165) is 12.1 Å². The van der Waals surface area contributed by atoms with Crippen molar-refractivity contribution in [2.75, 3.05) is 0 Å². The Morgan fingerprint density at radius 1 is 1.21 bits per heavy atom. The quantitative estimate of drug-likeness (QED) is 0.512. The average Bonchev–Trinajstić information content (AvgIpc) is 2.74. The Hall–Kier alpha value is -2.78. The van der Waals surface area contributed by atoms with Crippen LogP contribution >= 0.6 is 15.9 Å². The number of nitriles is 1. The van der Waals surface area contributed by atoms with Crippen molar-refractivity contribution in [3.05, 3.63) is 85.8 Å². The van der Waals surface area contributed by atoms with Crippen molar-refractivity contribution in [3.8, 4) is 17.2 Å². The molecule has 29 heavy (non-hydrogen) atoms. The first-order chi connectivity index (χ1) is 14.0. The molecule has 148 valence electrons. The number of halogens is 2. The number of benzene rings is 2. The molecule has 1 aromatic heterocycles. The molecule has 0 bridgehead atoms. The molecule has 0 aliphatic carbocycles. The van der Waals surface area contributed by atoms with Gasteiger partial charge in [0, 0.05) is 12.0 Å². The SMILES string of the molecule is CCCc1nc(CC)c(Br)c(=O)n1Cc1ccc(-c2ccccc2C#N)cc1F. The summed E-state index contributed by atoms with van der Waals surface area (Å²) in [5.74, 6) is 0.246. The number of aromatic nitrogens is 2. The molecule has 2 aromatic carbocycles. The highest BCUT2D eigenvalue weighted by molar-refractivity contribution is 9.10. The Bertz CT molecular complexity index is 1150. The van der Waals surface area contributed by atoms with Gasteiger partial charge in [-0.25, -0.2) is 9.37 Å². The molecule has 0 fully saturated rings. The van der Waals surface area contributed by atoms with Gasteiger partial charge in [-0.3, -0.25) is 9.36 Å². The normalized spacial score (nSPS) is 10.7. The highest BCUT2D eigenvalue weighted by Crippen LogP contribution is 2.25. The van der Waals surface area contributed by atoms with Crippen LogP contribution in [0, 0.1) is 17.1 Å². The number of nitrogens with zero attached hydrogens (tertiary/aromatic N) is 3. The first-order valence-electron chi connectivity index (χ1n) is 9.56. The van der Waals surface area contributed by atoms with Crippen molar-refractivity contribution < 1.29 is 4.39 Å². The second kappa shape index (κ2) is 9.15. The van der Waals surface area contributed by atoms with E-state index < -0.39 is 5.82 Å². The second-order valence-electron chi connectivity index (χ2n) is 6.75. The van der Waals surface area contributed by atoms with Crippen molar-refractivity contribution >= 4 is 15.9 Å². The average molecular weight is 454 g/mol. The summed E-state index contributed by atoms with van der Waals surface area (Å²) in [6.45, 7) is 4.08. The standard InChI is InChI=1S/C23H21BrFN3O/c1-3-7-21-27-20(4-2)22(24)23(29)28(21)14-17-11-10-15(12-19(17)25)18-9-6-5-8-16(18)13-26/h5-6,8-12H,3-4,7,14H2,1-2H3. The first kappa shape index (κ1) is 20.9. The highest BCUT2D eigenvalue weighted by Gasteiger charge is 2.16. The van der Waals surface area contributed by atoms with Gasteiger partial charge in [-0.2, -0.15) is 5.26 Å². The molecule has 0 amide bonds. The topological polar surface area (TPSA) is 58.7 Å². The molecule has 0 N–H and O–H groups in total. The van der Waals surface area contributed by atoms with E-state index in [1.807, 2.05) is 19.9 Å². The van der Waals surface area contributed by atoms with Gasteiger partial charge in [-0.05, 0) is 52.0 Å². The van der Waals surface area contributed by atoms with Crippen LogP contribution in [0.3, 0.4) is 0 Å². The zero-order chi connectivity index (χ0) is 21.0. The van der Waals surface area contributed by atoms with E-state index in [0.29, 0.717) is 45.4 Å². The van der Waals surface area contributed by atoms with Crippen LogP contribution < -0.4 is 5.56 Å². The molecule has 0 spiro atoms. The van der Waals surface area contributed by atoms with Crippen LogP contribution in [0.1, 0.15) is 42.9 Å². The van der Waals surface area contributed by atoms with E-state index in [1.54, 1.807) is 30.3 Å². The molecule has 0 aliphatic rings. The summed E-state index contributed by atoms with van der Waals surface area (Å²) in [6.07, 6.45) is 2.13. The Morgan fingerprint density at radius 2 is 1.97 bits per heavy atom. The number of rotatable bonds is 6. The van der Waals surface area contributed by atoms with Crippen LogP contribution in [-0.4, -0.2) is 9.55 Å². The monoisotopic (exact) mass is 453 g/mol. The molecule has 4 nitrogen and oxygen atoms in total. The summed E-state index contributed by atoms with van der Waals surface area (Å²) >= 11 is 3.35. The maximum absolute atomic E-state index is 14.9. The smallest absolute Gasteiger partial charge is 0.268 e. The summed E-state index contributed by atoms with van der Waals surface area (Å²) in [4.78, 5) is 17.5. The molecule has 0 radical (unpaired) electrons. The molecular weight excluding hydrogens is 433 g/mol. The van der Waals surface area contributed by atoms with Crippen molar-refractivity contribution in [1.29, 1.82) is 5.26 Å². The van der Waals surface area contributed by atoms with Gasteiger partial charge in [-0.1, -0.05) is 44.2 Å². The van der Waals surface area contributed by atoms with Gasteiger partial charge < -0.3 is 0 Å². The minimum Gasteiger partial charge on any atom is -0.291 e. The lowest BCUT2D eigenvalue weighted by atomic mass is 9.99. The van der Waals surface area contributed by atoms with Gasteiger partial charge in [0.1, 0.15) is 16.1 Å². The molecule has 0 saturated heterocycles. The summed E-state index contributed by atoms with van der Waals surface area (Å²) in [5.41, 5.74) is 2.73.